The van der Waals surface area contributed by atoms with Crippen LogP contribution in [-0.2, 0) is 14.3 Å². The number of unbranched alkanes of at least 4 members (excludes halogenated alkanes) is 2. The molecule has 172 valence electrons. The van der Waals surface area contributed by atoms with E-state index >= 15 is 0 Å². The van der Waals surface area contributed by atoms with Crippen LogP contribution in [0.15, 0.2) is 48.9 Å². The van der Waals surface area contributed by atoms with E-state index < -0.39 is 5.97 Å². The van der Waals surface area contributed by atoms with Gasteiger partial charge < -0.3 is 19.3 Å². The molecular formula is C26H38O5. The van der Waals surface area contributed by atoms with Crippen molar-refractivity contribution in [2.24, 2.45) is 5.92 Å². The number of hydrogen-bond donors (Lipinski definition) is 1. The van der Waals surface area contributed by atoms with Crippen LogP contribution in [0, 0.1) is 5.92 Å². The van der Waals surface area contributed by atoms with Crippen LogP contribution in [0.25, 0.3) is 0 Å². The first-order chi connectivity index (χ1) is 15.0. The number of ether oxygens (including phenoxy) is 3. The van der Waals surface area contributed by atoms with E-state index in [0.29, 0.717) is 11.3 Å². The molecule has 0 spiro atoms. The third kappa shape index (κ3) is 9.18. The van der Waals surface area contributed by atoms with E-state index in [1.807, 2.05) is 24.3 Å². The average molecular weight is 431 g/mol. The summed E-state index contributed by atoms with van der Waals surface area (Å²) in [5, 5.41) is 9.59. The zero-order valence-corrected chi connectivity index (χ0v) is 19.1. The Morgan fingerprint density at radius 3 is 2.48 bits per heavy atom. The molecule has 0 radical (unpaired) electrons. The van der Waals surface area contributed by atoms with Gasteiger partial charge in [-0.25, -0.2) is 4.79 Å². The molecule has 31 heavy (non-hydrogen) atoms. The van der Waals surface area contributed by atoms with Crippen molar-refractivity contribution in [3.05, 3.63) is 54.5 Å². The van der Waals surface area contributed by atoms with E-state index in [-0.39, 0.29) is 25.2 Å². The van der Waals surface area contributed by atoms with E-state index in [4.69, 9.17) is 14.2 Å². The Balaban J connectivity index is 1.70. The van der Waals surface area contributed by atoms with Gasteiger partial charge in [0.2, 0.25) is 0 Å². The third-order valence-corrected chi connectivity index (χ3v) is 5.88. The molecule has 1 aliphatic carbocycles. The Kier molecular flexibility index (Phi) is 11.2. The van der Waals surface area contributed by atoms with Crippen molar-refractivity contribution in [2.75, 3.05) is 13.2 Å². The molecule has 0 amide bonds. The molecule has 1 aromatic carbocycles. The van der Waals surface area contributed by atoms with Crippen molar-refractivity contribution < 1.29 is 24.1 Å². The van der Waals surface area contributed by atoms with Gasteiger partial charge in [0, 0.05) is 11.5 Å². The van der Waals surface area contributed by atoms with Gasteiger partial charge in [-0.2, -0.15) is 0 Å². The van der Waals surface area contributed by atoms with Crippen molar-refractivity contribution >= 4 is 5.97 Å². The molecule has 1 N–H and O–H groups in total. The molecule has 1 aliphatic rings. The van der Waals surface area contributed by atoms with Crippen LogP contribution >= 0.6 is 0 Å². The van der Waals surface area contributed by atoms with E-state index in [9.17, 15) is 9.90 Å². The highest BCUT2D eigenvalue weighted by atomic mass is 16.5. The second kappa shape index (κ2) is 13.9. The van der Waals surface area contributed by atoms with Gasteiger partial charge in [0.05, 0.1) is 12.7 Å². The number of aliphatic hydroxyl groups excluding tert-OH is 1. The summed E-state index contributed by atoms with van der Waals surface area (Å²) in [7, 11) is 0. The molecule has 5 heteroatoms. The molecule has 1 saturated carbocycles. The average Bonchev–Trinajstić information content (AvgIpc) is 2.79. The van der Waals surface area contributed by atoms with Crippen LogP contribution in [0.3, 0.4) is 0 Å². The summed E-state index contributed by atoms with van der Waals surface area (Å²) in [5.41, 5.74) is 1.22. The van der Waals surface area contributed by atoms with Crippen LogP contribution in [0.4, 0.5) is 0 Å². The monoisotopic (exact) mass is 430 g/mol. The van der Waals surface area contributed by atoms with E-state index in [0.717, 1.165) is 24.3 Å². The van der Waals surface area contributed by atoms with Gasteiger partial charge in [0.25, 0.3) is 0 Å². The van der Waals surface area contributed by atoms with Gasteiger partial charge in [0.15, 0.2) is 0 Å². The molecule has 1 atom stereocenters. The molecule has 0 heterocycles. The fourth-order valence-corrected chi connectivity index (χ4v) is 3.86. The summed E-state index contributed by atoms with van der Waals surface area (Å²) in [5.74, 6) is 0.818. The highest BCUT2D eigenvalue weighted by Gasteiger charge is 2.21. The summed E-state index contributed by atoms with van der Waals surface area (Å²) >= 11 is 0. The van der Waals surface area contributed by atoms with Gasteiger partial charge in [-0.3, -0.25) is 0 Å². The molecule has 2 rings (SSSR count). The number of hydrogen-bond acceptors (Lipinski definition) is 5. The van der Waals surface area contributed by atoms with E-state index in [2.05, 4.69) is 13.5 Å². The van der Waals surface area contributed by atoms with Gasteiger partial charge in [-0.15, -0.1) is 0 Å². The summed E-state index contributed by atoms with van der Waals surface area (Å²) in [4.78, 5) is 11.5. The van der Waals surface area contributed by atoms with Crippen molar-refractivity contribution in [1.29, 1.82) is 0 Å². The van der Waals surface area contributed by atoms with Crippen molar-refractivity contribution in [2.45, 2.75) is 77.2 Å². The number of aliphatic hydroxyl groups is 1. The zero-order valence-electron chi connectivity index (χ0n) is 19.1. The smallest absolute Gasteiger partial charge is 0.333 e. The van der Waals surface area contributed by atoms with E-state index in [1.165, 1.54) is 38.5 Å². The number of esters is 1. The minimum Gasteiger partial charge on any atom is -0.495 e. The molecule has 1 unspecified atom stereocenters. The lowest BCUT2D eigenvalue weighted by molar-refractivity contribution is -0.139. The first-order valence-corrected chi connectivity index (χ1v) is 11.5. The summed E-state index contributed by atoms with van der Waals surface area (Å²) in [6.45, 7) is 7.40. The maximum Gasteiger partial charge on any atom is 0.333 e. The van der Waals surface area contributed by atoms with E-state index in [1.54, 1.807) is 19.4 Å². The normalized spacial score (nSPS) is 19.7. The van der Waals surface area contributed by atoms with Crippen LogP contribution in [0.5, 0.6) is 5.75 Å². The van der Waals surface area contributed by atoms with Crippen molar-refractivity contribution in [1.82, 2.24) is 0 Å². The SMILES string of the molecule is C=C(C)C(=O)OCC(CO)c1ccc(O/C=C\OC2CCC(CCCCC)CC2)cc1. The van der Waals surface area contributed by atoms with Crippen LogP contribution in [0.1, 0.15) is 76.7 Å². The molecule has 0 aliphatic heterocycles. The largest absolute Gasteiger partial charge is 0.495 e. The second-order valence-corrected chi connectivity index (χ2v) is 8.49. The van der Waals surface area contributed by atoms with Gasteiger partial charge in [-0.1, -0.05) is 51.3 Å². The topological polar surface area (TPSA) is 65.0 Å². The fourth-order valence-electron chi connectivity index (χ4n) is 3.86. The molecular weight excluding hydrogens is 392 g/mol. The predicted molar refractivity (Wildman–Crippen MR) is 123 cm³/mol. The highest BCUT2D eigenvalue weighted by molar-refractivity contribution is 5.86. The zero-order chi connectivity index (χ0) is 22.5. The summed E-state index contributed by atoms with van der Waals surface area (Å²) in [6, 6.07) is 7.37. The van der Waals surface area contributed by atoms with Crippen LogP contribution in [-0.4, -0.2) is 30.4 Å². The van der Waals surface area contributed by atoms with Crippen molar-refractivity contribution in [3.8, 4) is 5.75 Å². The lowest BCUT2D eigenvalue weighted by Crippen LogP contribution is -2.20. The standard InChI is InChI=1S/C26H38O5/c1-4-5-6-7-21-8-12-24(13-9-21)29-16-17-30-25-14-10-22(11-15-25)23(18-27)19-31-26(28)20(2)3/h10-11,14-17,21,23-24,27H,2,4-9,12-13,18-19H2,1,3H3/b17-16-. The number of rotatable bonds is 13. The summed E-state index contributed by atoms with van der Waals surface area (Å²) in [6.07, 6.45) is 13.6. The van der Waals surface area contributed by atoms with Gasteiger partial charge in [-0.05, 0) is 56.2 Å². The van der Waals surface area contributed by atoms with Crippen LogP contribution in [0.2, 0.25) is 0 Å². The highest BCUT2D eigenvalue weighted by Crippen LogP contribution is 2.30. The molecule has 1 aromatic rings. The number of carbonyl (C=O) groups excluding carboxylic acids is 1. The number of benzene rings is 1. The quantitative estimate of drug-likeness (QED) is 0.183. The molecule has 5 nitrogen and oxygen atoms in total. The Labute approximate surface area is 187 Å². The molecule has 0 bridgehead atoms. The first-order valence-electron chi connectivity index (χ1n) is 11.5. The minimum atomic E-state index is -0.450. The third-order valence-electron chi connectivity index (χ3n) is 5.88. The number of carbonyl (C=O) groups is 1. The predicted octanol–water partition coefficient (Wildman–Crippen LogP) is 5.89. The summed E-state index contributed by atoms with van der Waals surface area (Å²) < 4.78 is 16.6. The lowest BCUT2D eigenvalue weighted by Gasteiger charge is -2.27. The maximum atomic E-state index is 11.5. The Bertz CT molecular complexity index is 686. The molecule has 0 aromatic heterocycles. The molecule has 0 saturated heterocycles. The molecule has 1 fully saturated rings. The van der Waals surface area contributed by atoms with Gasteiger partial charge >= 0.3 is 5.97 Å². The Morgan fingerprint density at radius 1 is 1.16 bits per heavy atom. The lowest BCUT2D eigenvalue weighted by atomic mass is 9.84. The Morgan fingerprint density at radius 2 is 1.87 bits per heavy atom. The second-order valence-electron chi connectivity index (χ2n) is 8.49. The van der Waals surface area contributed by atoms with Crippen molar-refractivity contribution in [3.63, 3.8) is 0 Å². The maximum absolute atomic E-state index is 11.5. The minimum absolute atomic E-state index is 0.108. The Hall–Kier alpha value is -2.27. The van der Waals surface area contributed by atoms with Gasteiger partial charge in [0.1, 0.15) is 24.9 Å². The van der Waals surface area contributed by atoms with Crippen LogP contribution < -0.4 is 4.74 Å². The fraction of sp³-hybridized carbons (Fsp3) is 0.577. The first kappa shape index (κ1) is 25.0.